The van der Waals surface area contributed by atoms with Gasteiger partial charge in [0.05, 0.1) is 6.42 Å². The highest BCUT2D eigenvalue weighted by Gasteiger charge is 2.30. The number of amides is 1. The molecule has 1 aromatic carbocycles. The van der Waals surface area contributed by atoms with Gasteiger partial charge in [-0.3, -0.25) is 4.79 Å². The highest BCUT2D eigenvalue weighted by molar-refractivity contribution is 6.01. The van der Waals surface area contributed by atoms with Gasteiger partial charge in [0.1, 0.15) is 5.82 Å². The Balaban J connectivity index is 2.52. The standard InChI is InChI=1S/C13H16FNO/c1-4-9-6-12-10(5-11(9)14)7-13(16)15(12)8(2)3/h5-6,8H,4,7H2,1-3H3. The van der Waals surface area contributed by atoms with E-state index in [0.717, 1.165) is 11.3 Å². The minimum atomic E-state index is -0.195. The van der Waals surface area contributed by atoms with Gasteiger partial charge in [0.15, 0.2) is 0 Å². The summed E-state index contributed by atoms with van der Waals surface area (Å²) in [7, 11) is 0. The lowest BCUT2D eigenvalue weighted by molar-refractivity contribution is -0.117. The molecule has 2 nitrogen and oxygen atoms in total. The van der Waals surface area contributed by atoms with Crippen LogP contribution in [-0.2, 0) is 17.6 Å². The van der Waals surface area contributed by atoms with Gasteiger partial charge in [-0.2, -0.15) is 0 Å². The SMILES string of the molecule is CCc1cc2c(cc1F)CC(=O)N2C(C)C. The molecule has 0 saturated carbocycles. The summed E-state index contributed by atoms with van der Waals surface area (Å²) in [5.41, 5.74) is 2.38. The van der Waals surface area contributed by atoms with Crippen molar-refractivity contribution in [2.75, 3.05) is 4.90 Å². The van der Waals surface area contributed by atoms with Gasteiger partial charge < -0.3 is 4.90 Å². The lowest BCUT2D eigenvalue weighted by Crippen LogP contribution is -2.33. The number of carbonyl (C=O) groups excluding carboxylic acids is 1. The molecule has 86 valence electrons. The predicted molar refractivity (Wildman–Crippen MR) is 62.1 cm³/mol. The minimum absolute atomic E-state index is 0.0673. The molecule has 1 aliphatic rings. The molecular weight excluding hydrogens is 205 g/mol. The predicted octanol–water partition coefficient (Wildman–Crippen LogP) is 2.69. The minimum Gasteiger partial charge on any atom is -0.309 e. The first-order valence-electron chi connectivity index (χ1n) is 5.68. The molecule has 0 saturated heterocycles. The summed E-state index contributed by atoms with van der Waals surface area (Å²) in [6.45, 7) is 5.87. The lowest BCUT2D eigenvalue weighted by atomic mass is 10.1. The highest BCUT2D eigenvalue weighted by atomic mass is 19.1. The first kappa shape index (κ1) is 11.1. The number of carbonyl (C=O) groups is 1. The molecule has 0 aliphatic carbocycles. The Hall–Kier alpha value is -1.38. The van der Waals surface area contributed by atoms with Crippen molar-refractivity contribution < 1.29 is 9.18 Å². The highest BCUT2D eigenvalue weighted by Crippen LogP contribution is 2.32. The Bertz CT molecular complexity index is 440. The van der Waals surface area contributed by atoms with E-state index in [1.165, 1.54) is 6.07 Å². The maximum absolute atomic E-state index is 13.6. The molecule has 0 aromatic heterocycles. The van der Waals surface area contributed by atoms with Gasteiger partial charge in [0.2, 0.25) is 5.91 Å². The monoisotopic (exact) mass is 221 g/mol. The Labute approximate surface area is 95.1 Å². The zero-order chi connectivity index (χ0) is 11.9. The van der Waals surface area contributed by atoms with E-state index in [1.54, 1.807) is 4.90 Å². The van der Waals surface area contributed by atoms with E-state index in [-0.39, 0.29) is 17.8 Å². The molecule has 3 heteroatoms. The van der Waals surface area contributed by atoms with Crippen molar-refractivity contribution in [2.24, 2.45) is 0 Å². The molecule has 1 heterocycles. The largest absolute Gasteiger partial charge is 0.309 e. The summed E-state index contributed by atoms with van der Waals surface area (Å²) in [4.78, 5) is 13.5. The second-order valence-corrected chi connectivity index (χ2v) is 4.46. The Morgan fingerprint density at radius 1 is 1.44 bits per heavy atom. The lowest BCUT2D eigenvalue weighted by Gasteiger charge is -2.22. The van der Waals surface area contributed by atoms with Crippen LogP contribution in [0, 0.1) is 5.82 Å². The molecule has 1 aliphatic heterocycles. The number of benzene rings is 1. The Kier molecular flexibility index (Phi) is 2.70. The van der Waals surface area contributed by atoms with Crippen molar-refractivity contribution in [3.8, 4) is 0 Å². The third-order valence-electron chi connectivity index (χ3n) is 3.01. The Morgan fingerprint density at radius 3 is 2.69 bits per heavy atom. The van der Waals surface area contributed by atoms with E-state index in [9.17, 15) is 9.18 Å². The number of hydrogen-bond donors (Lipinski definition) is 0. The van der Waals surface area contributed by atoms with Crippen LogP contribution >= 0.6 is 0 Å². The van der Waals surface area contributed by atoms with Gasteiger partial charge in [-0.15, -0.1) is 0 Å². The fourth-order valence-electron chi connectivity index (χ4n) is 2.23. The van der Waals surface area contributed by atoms with E-state index in [4.69, 9.17) is 0 Å². The molecule has 0 atom stereocenters. The summed E-state index contributed by atoms with van der Waals surface area (Å²) in [6.07, 6.45) is 0.980. The van der Waals surface area contributed by atoms with E-state index < -0.39 is 0 Å². The van der Waals surface area contributed by atoms with Crippen molar-refractivity contribution >= 4 is 11.6 Å². The fourth-order valence-corrected chi connectivity index (χ4v) is 2.23. The smallest absolute Gasteiger partial charge is 0.231 e. The molecule has 1 aromatic rings. The van der Waals surface area contributed by atoms with E-state index in [0.29, 0.717) is 18.4 Å². The molecule has 0 fully saturated rings. The number of nitrogens with zero attached hydrogens (tertiary/aromatic N) is 1. The maximum atomic E-state index is 13.6. The van der Waals surface area contributed by atoms with Gasteiger partial charge in [0.25, 0.3) is 0 Å². The van der Waals surface area contributed by atoms with Gasteiger partial charge in [-0.05, 0) is 43.5 Å². The normalized spacial score (nSPS) is 14.8. The van der Waals surface area contributed by atoms with Crippen LogP contribution in [0.5, 0.6) is 0 Å². The quantitative estimate of drug-likeness (QED) is 0.752. The zero-order valence-corrected chi connectivity index (χ0v) is 9.88. The van der Waals surface area contributed by atoms with Crippen molar-refractivity contribution in [3.63, 3.8) is 0 Å². The van der Waals surface area contributed by atoms with Gasteiger partial charge in [0, 0.05) is 11.7 Å². The average molecular weight is 221 g/mol. The summed E-state index contributed by atoms with van der Waals surface area (Å²) in [6, 6.07) is 3.45. The topological polar surface area (TPSA) is 20.3 Å². The number of anilines is 1. The van der Waals surface area contributed by atoms with Crippen molar-refractivity contribution in [1.29, 1.82) is 0 Å². The van der Waals surface area contributed by atoms with Crippen LogP contribution in [0.3, 0.4) is 0 Å². The van der Waals surface area contributed by atoms with E-state index in [2.05, 4.69) is 0 Å². The van der Waals surface area contributed by atoms with Gasteiger partial charge in [-0.25, -0.2) is 4.39 Å². The summed E-state index contributed by atoms with van der Waals surface area (Å²) in [5.74, 6) is -0.127. The number of aryl methyl sites for hydroxylation is 1. The van der Waals surface area contributed by atoms with Crippen molar-refractivity contribution in [3.05, 3.63) is 29.1 Å². The van der Waals surface area contributed by atoms with Crippen LogP contribution in [0.1, 0.15) is 31.9 Å². The molecule has 0 spiro atoms. The fraction of sp³-hybridized carbons (Fsp3) is 0.462. The average Bonchev–Trinajstić information content (AvgIpc) is 2.51. The van der Waals surface area contributed by atoms with Crippen LogP contribution in [0.15, 0.2) is 12.1 Å². The van der Waals surface area contributed by atoms with Gasteiger partial charge in [-0.1, -0.05) is 6.92 Å². The molecule has 0 bridgehead atoms. The van der Waals surface area contributed by atoms with Gasteiger partial charge >= 0.3 is 0 Å². The third-order valence-corrected chi connectivity index (χ3v) is 3.01. The molecule has 2 rings (SSSR count). The summed E-state index contributed by atoms with van der Waals surface area (Å²) in [5, 5.41) is 0. The maximum Gasteiger partial charge on any atom is 0.231 e. The molecule has 0 N–H and O–H groups in total. The van der Waals surface area contributed by atoms with E-state index in [1.807, 2.05) is 26.8 Å². The third kappa shape index (κ3) is 1.60. The van der Waals surface area contributed by atoms with Crippen LogP contribution in [-0.4, -0.2) is 11.9 Å². The van der Waals surface area contributed by atoms with Crippen molar-refractivity contribution in [1.82, 2.24) is 0 Å². The summed E-state index contributed by atoms with van der Waals surface area (Å²) < 4.78 is 13.6. The molecule has 1 amide bonds. The Morgan fingerprint density at radius 2 is 2.12 bits per heavy atom. The molecular formula is C13H16FNO. The number of rotatable bonds is 2. The van der Waals surface area contributed by atoms with Crippen LogP contribution < -0.4 is 4.90 Å². The van der Waals surface area contributed by atoms with Crippen molar-refractivity contribution in [2.45, 2.75) is 39.7 Å². The number of halogens is 1. The molecule has 16 heavy (non-hydrogen) atoms. The zero-order valence-electron chi connectivity index (χ0n) is 9.88. The first-order chi connectivity index (χ1) is 7.54. The summed E-state index contributed by atoms with van der Waals surface area (Å²) >= 11 is 0. The number of fused-ring (bicyclic) bond motifs is 1. The van der Waals surface area contributed by atoms with Crippen LogP contribution in [0.4, 0.5) is 10.1 Å². The molecule has 0 unspecified atom stereocenters. The van der Waals surface area contributed by atoms with Crippen LogP contribution in [0.2, 0.25) is 0 Å². The van der Waals surface area contributed by atoms with E-state index >= 15 is 0 Å². The number of hydrogen-bond acceptors (Lipinski definition) is 1. The second kappa shape index (κ2) is 3.89. The first-order valence-corrected chi connectivity index (χ1v) is 5.68. The van der Waals surface area contributed by atoms with Crippen LogP contribution in [0.25, 0.3) is 0 Å². The second-order valence-electron chi connectivity index (χ2n) is 4.46. The molecule has 0 radical (unpaired) electrons.